The van der Waals surface area contributed by atoms with Crippen LogP contribution in [0.1, 0.15) is 44.4 Å². The zero-order chi connectivity index (χ0) is 12.5. The molecule has 0 atom stereocenters. The van der Waals surface area contributed by atoms with Crippen molar-refractivity contribution in [2.24, 2.45) is 0 Å². The summed E-state index contributed by atoms with van der Waals surface area (Å²) in [7, 11) is 0. The predicted octanol–water partition coefficient (Wildman–Crippen LogP) is 4.97. The number of aromatic nitrogens is 1. The molecule has 17 heavy (non-hydrogen) atoms. The minimum Gasteiger partial charge on any atom is -0.257 e. The van der Waals surface area contributed by atoms with Crippen molar-refractivity contribution in [3.63, 3.8) is 0 Å². The number of pyridine rings is 1. The highest BCUT2D eigenvalue weighted by molar-refractivity contribution is 6.33. The Bertz CT molecular complexity index is 394. The Kier molecular flexibility index (Phi) is 6.64. The molecule has 0 aliphatic rings. The van der Waals surface area contributed by atoms with Crippen molar-refractivity contribution in [2.45, 2.75) is 39.5 Å². The first kappa shape index (κ1) is 14.0. The molecule has 0 saturated heterocycles. The minimum atomic E-state index is 0.714. The molecular weight excluding hydrogens is 230 g/mol. The van der Waals surface area contributed by atoms with E-state index < -0.39 is 0 Å². The first-order valence-corrected chi connectivity index (χ1v) is 6.59. The molecule has 0 radical (unpaired) electrons. The van der Waals surface area contributed by atoms with Crippen LogP contribution in [0.25, 0.3) is 6.08 Å². The number of nitrogens with zero attached hydrogens (tertiary/aromatic N) is 1. The Morgan fingerprint density at radius 3 is 2.94 bits per heavy atom. The zero-order valence-electron chi connectivity index (χ0n) is 10.6. The first-order valence-electron chi connectivity index (χ1n) is 6.21. The largest absolute Gasteiger partial charge is 0.257 e. The van der Waals surface area contributed by atoms with Crippen molar-refractivity contribution in [1.82, 2.24) is 4.98 Å². The van der Waals surface area contributed by atoms with Crippen LogP contribution in [0, 0.1) is 0 Å². The van der Waals surface area contributed by atoms with Gasteiger partial charge >= 0.3 is 0 Å². The van der Waals surface area contributed by atoms with Crippen molar-refractivity contribution >= 4 is 17.7 Å². The fraction of sp³-hybridized carbons (Fsp3) is 0.400. The van der Waals surface area contributed by atoms with Gasteiger partial charge in [-0.05, 0) is 49.6 Å². The van der Waals surface area contributed by atoms with Gasteiger partial charge in [-0.1, -0.05) is 37.4 Å². The molecule has 0 N–H and O–H groups in total. The number of rotatable bonds is 6. The third kappa shape index (κ3) is 5.69. The first-order chi connectivity index (χ1) is 8.26. The Hall–Kier alpha value is -1.08. The molecule has 1 rings (SSSR count). The molecule has 0 spiro atoms. The molecule has 0 unspecified atom stereocenters. The van der Waals surface area contributed by atoms with E-state index in [-0.39, 0.29) is 0 Å². The van der Waals surface area contributed by atoms with Crippen LogP contribution in [0.15, 0.2) is 35.5 Å². The third-order valence-corrected chi connectivity index (χ3v) is 2.76. The average Bonchev–Trinajstić information content (AvgIpc) is 2.30. The summed E-state index contributed by atoms with van der Waals surface area (Å²) >= 11 is 6.03. The molecule has 0 aliphatic heterocycles. The molecule has 1 nitrogen and oxygen atoms in total. The molecule has 0 aromatic carbocycles. The van der Waals surface area contributed by atoms with Gasteiger partial charge in [-0.25, -0.2) is 0 Å². The van der Waals surface area contributed by atoms with E-state index >= 15 is 0 Å². The molecule has 0 amide bonds. The van der Waals surface area contributed by atoms with Crippen molar-refractivity contribution < 1.29 is 0 Å². The van der Waals surface area contributed by atoms with Crippen LogP contribution >= 0.6 is 11.6 Å². The normalized spacial score (nSPS) is 12.3. The van der Waals surface area contributed by atoms with Gasteiger partial charge in [0.1, 0.15) is 0 Å². The maximum atomic E-state index is 6.03. The molecular formula is C15H20ClN. The van der Waals surface area contributed by atoms with Crippen LogP contribution in [0.5, 0.6) is 0 Å². The van der Waals surface area contributed by atoms with Crippen LogP contribution in [0.4, 0.5) is 0 Å². The van der Waals surface area contributed by atoms with E-state index in [4.69, 9.17) is 11.6 Å². The van der Waals surface area contributed by atoms with Crippen molar-refractivity contribution in [1.29, 1.82) is 0 Å². The number of hydrogen-bond acceptors (Lipinski definition) is 1. The topological polar surface area (TPSA) is 12.9 Å². The molecule has 0 aliphatic carbocycles. The lowest BCUT2D eigenvalue weighted by Gasteiger charge is -2.01. The van der Waals surface area contributed by atoms with Gasteiger partial charge in [0.15, 0.2) is 0 Å². The number of allylic oxidation sites excluding steroid dienone is 3. The van der Waals surface area contributed by atoms with Crippen LogP contribution < -0.4 is 0 Å². The van der Waals surface area contributed by atoms with E-state index in [1.807, 2.05) is 31.3 Å². The Morgan fingerprint density at radius 2 is 2.24 bits per heavy atom. The lowest BCUT2D eigenvalue weighted by Crippen LogP contribution is -1.88. The van der Waals surface area contributed by atoms with Crippen molar-refractivity contribution in [2.75, 3.05) is 0 Å². The number of hydrogen-bond donors (Lipinski definition) is 0. The molecule has 1 aromatic rings. The van der Waals surface area contributed by atoms with Gasteiger partial charge in [0.25, 0.3) is 0 Å². The van der Waals surface area contributed by atoms with E-state index in [1.54, 1.807) is 0 Å². The van der Waals surface area contributed by atoms with Gasteiger partial charge in [-0.2, -0.15) is 0 Å². The highest BCUT2D eigenvalue weighted by Crippen LogP contribution is 2.12. The number of unbranched alkanes of at least 4 members (excludes halogenated alkanes) is 2. The van der Waals surface area contributed by atoms with Gasteiger partial charge in [-0.15, -0.1) is 0 Å². The second-order valence-electron chi connectivity index (χ2n) is 4.08. The standard InChI is InChI=1S/C15H20ClN/c1-3-5-6-8-13-9-10-17-15(11-13)12-14(16)7-4-2/h4,7,9-12H,3,5-6,8H2,1-2H3/b7-4-,14-12+. The summed E-state index contributed by atoms with van der Waals surface area (Å²) < 4.78 is 0. The van der Waals surface area contributed by atoms with Gasteiger partial charge < -0.3 is 0 Å². The fourth-order valence-corrected chi connectivity index (χ4v) is 1.89. The summed E-state index contributed by atoms with van der Waals surface area (Å²) in [4.78, 5) is 4.30. The fourth-order valence-electron chi connectivity index (χ4n) is 1.66. The minimum absolute atomic E-state index is 0.714. The predicted molar refractivity (Wildman–Crippen MR) is 76.1 cm³/mol. The van der Waals surface area contributed by atoms with Crippen molar-refractivity contribution in [3.05, 3.63) is 46.8 Å². The summed E-state index contributed by atoms with van der Waals surface area (Å²) in [6, 6.07) is 4.19. The van der Waals surface area contributed by atoms with E-state index in [1.165, 1.54) is 24.8 Å². The molecule has 0 fully saturated rings. The number of halogens is 1. The summed E-state index contributed by atoms with van der Waals surface area (Å²) in [6.07, 6.45) is 12.4. The summed E-state index contributed by atoms with van der Waals surface area (Å²) in [5.41, 5.74) is 2.27. The van der Waals surface area contributed by atoms with E-state index in [9.17, 15) is 0 Å². The van der Waals surface area contributed by atoms with E-state index in [0.717, 1.165) is 12.1 Å². The van der Waals surface area contributed by atoms with Crippen LogP contribution in [0.2, 0.25) is 0 Å². The van der Waals surface area contributed by atoms with Gasteiger partial charge in [0.2, 0.25) is 0 Å². The van der Waals surface area contributed by atoms with E-state index in [0.29, 0.717) is 5.03 Å². The Balaban J connectivity index is 2.68. The molecule has 1 aromatic heterocycles. The Labute approximate surface area is 109 Å². The SMILES string of the molecule is C/C=C\C(Cl)=C/c1cc(CCCCC)ccn1. The molecule has 92 valence electrons. The number of aryl methyl sites for hydroxylation is 1. The third-order valence-electron chi connectivity index (χ3n) is 2.53. The highest BCUT2D eigenvalue weighted by atomic mass is 35.5. The molecule has 2 heteroatoms. The highest BCUT2D eigenvalue weighted by Gasteiger charge is 1.96. The monoisotopic (exact) mass is 249 g/mol. The van der Waals surface area contributed by atoms with Crippen LogP contribution in [0.3, 0.4) is 0 Å². The quantitative estimate of drug-likeness (QED) is 0.512. The van der Waals surface area contributed by atoms with Gasteiger partial charge in [0, 0.05) is 11.2 Å². The second-order valence-corrected chi connectivity index (χ2v) is 4.51. The van der Waals surface area contributed by atoms with Crippen LogP contribution in [-0.2, 0) is 6.42 Å². The second kappa shape index (κ2) is 8.08. The van der Waals surface area contributed by atoms with Crippen molar-refractivity contribution in [3.8, 4) is 0 Å². The zero-order valence-corrected chi connectivity index (χ0v) is 11.4. The summed E-state index contributed by atoms with van der Waals surface area (Å²) in [5.74, 6) is 0. The lowest BCUT2D eigenvalue weighted by atomic mass is 10.1. The molecule has 0 saturated carbocycles. The van der Waals surface area contributed by atoms with Crippen LogP contribution in [-0.4, -0.2) is 4.98 Å². The maximum absolute atomic E-state index is 6.03. The summed E-state index contributed by atoms with van der Waals surface area (Å²) in [5, 5.41) is 0.714. The molecule has 0 bridgehead atoms. The van der Waals surface area contributed by atoms with Gasteiger partial charge in [0.05, 0.1) is 5.69 Å². The van der Waals surface area contributed by atoms with E-state index in [2.05, 4.69) is 24.0 Å². The summed E-state index contributed by atoms with van der Waals surface area (Å²) in [6.45, 7) is 4.17. The Morgan fingerprint density at radius 1 is 1.41 bits per heavy atom. The lowest BCUT2D eigenvalue weighted by molar-refractivity contribution is 0.717. The maximum Gasteiger partial charge on any atom is 0.0647 e. The smallest absolute Gasteiger partial charge is 0.0647 e. The molecule has 1 heterocycles. The average molecular weight is 250 g/mol. The van der Waals surface area contributed by atoms with Gasteiger partial charge in [-0.3, -0.25) is 4.98 Å².